The van der Waals surface area contributed by atoms with Crippen molar-refractivity contribution in [2.75, 3.05) is 0 Å². The molecule has 57 heavy (non-hydrogen) atoms. The molecule has 0 bridgehead atoms. The maximum atomic E-state index is 6.37. The van der Waals surface area contributed by atoms with Crippen molar-refractivity contribution in [3.8, 4) is 44.8 Å². The van der Waals surface area contributed by atoms with Crippen LogP contribution in [0, 0.1) is 0 Å². The molecule has 0 N–H and O–H groups in total. The number of hydrogen-bond acceptors (Lipinski definition) is 1. The molecule has 0 fully saturated rings. The van der Waals surface area contributed by atoms with Crippen LogP contribution in [-0.2, 0) is 0 Å². The van der Waals surface area contributed by atoms with E-state index in [2.05, 4.69) is 209 Å². The summed E-state index contributed by atoms with van der Waals surface area (Å²) >= 11 is 0. The highest BCUT2D eigenvalue weighted by atomic mass is 16.3. The molecule has 0 aliphatic carbocycles. The first-order chi connectivity index (χ1) is 28.3. The van der Waals surface area contributed by atoms with Gasteiger partial charge in [0.25, 0.3) is 0 Å². The Hall–Kier alpha value is -7.62. The third-order valence-corrected chi connectivity index (χ3v) is 11.7. The van der Waals surface area contributed by atoms with Gasteiger partial charge in [0.15, 0.2) is 0 Å². The van der Waals surface area contributed by atoms with Gasteiger partial charge in [0.2, 0.25) is 0 Å². The first-order valence-electron chi connectivity index (χ1n) is 19.5. The van der Waals surface area contributed by atoms with Crippen molar-refractivity contribution in [3.63, 3.8) is 0 Å². The van der Waals surface area contributed by atoms with Crippen molar-refractivity contribution < 1.29 is 4.42 Å². The second kappa shape index (κ2) is 12.5. The summed E-state index contributed by atoms with van der Waals surface area (Å²) in [7, 11) is 0. The number of fused-ring (bicyclic) bond motifs is 9. The van der Waals surface area contributed by atoms with E-state index in [1.165, 1.54) is 60.3 Å². The maximum absolute atomic E-state index is 6.37. The SMILES string of the molecule is c1ccc(-c2cc(-c3cccc4oc5ccccc5c34)cc(-n3c4ccccc4c4c(-c5ccc6c7ccccc7n(-c7ccccc7)c6c5)cccc43)c2)cc1. The van der Waals surface area contributed by atoms with E-state index in [9.17, 15) is 0 Å². The van der Waals surface area contributed by atoms with Crippen molar-refractivity contribution in [1.82, 2.24) is 9.13 Å². The second-order valence-corrected chi connectivity index (χ2v) is 14.9. The van der Waals surface area contributed by atoms with Gasteiger partial charge in [-0.1, -0.05) is 140 Å². The van der Waals surface area contributed by atoms with Crippen molar-refractivity contribution >= 4 is 65.6 Å². The molecule has 0 aliphatic heterocycles. The minimum absolute atomic E-state index is 0.894. The molecule has 3 heterocycles. The third-order valence-electron chi connectivity index (χ3n) is 11.7. The number of aromatic nitrogens is 2. The lowest BCUT2D eigenvalue weighted by atomic mass is 9.95. The van der Waals surface area contributed by atoms with Crippen LogP contribution in [0.3, 0.4) is 0 Å². The van der Waals surface area contributed by atoms with Crippen LogP contribution in [0.2, 0.25) is 0 Å². The minimum Gasteiger partial charge on any atom is -0.456 e. The Balaban J connectivity index is 1.13. The second-order valence-electron chi connectivity index (χ2n) is 14.9. The van der Waals surface area contributed by atoms with E-state index in [0.717, 1.165) is 50.0 Å². The molecule has 266 valence electrons. The number of rotatable bonds is 5. The molecule has 3 nitrogen and oxygen atoms in total. The van der Waals surface area contributed by atoms with Gasteiger partial charge < -0.3 is 13.6 Å². The Morgan fingerprint density at radius 3 is 1.68 bits per heavy atom. The molecule has 0 saturated heterocycles. The lowest BCUT2D eigenvalue weighted by Crippen LogP contribution is -1.96. The van der Waals surface area contributed by atoms with Gasteiger partial charge in [0.1, 0.15) is 11.2 Å². The largest absolute Gasteiger partial charge is 0.456 e. The summed E-state index contributed by atoms with van der Waals surface area (Å²) in [6.07, 6.45) is 0. The zero-order chi connectivity index (χ0) is 37.5. The van der Waals surface area contributed by atoms with Gasteiger partial charge in [-0.15, -0.1) is 0 Å². The molecule has 3 heteroatoms. The summed E-state index contributed by atoms with van der Waals surface area (Å²) in [5, 5.41) is 7.23. The first kappa shape index (κ1) is 31.7. The van der Waals surface area contributed by atoms with E-state index in [0.29, 0.717) is 0 Å². The Morgan fingerprint density at radius 2 is 0.860 bits per heavy atom. The highest BCUT2D eigenvalue weighted by molar-refractivity contribution is 6.18. The predicted molar refractivity (Wildman–Crippen MR) is 239 cm³/mol. The predicted octanol–water partition coefficient (Wildman–Crippen LogP) is 14.8. The number of benzene rings is 9. The van der Waals surface area contributed by atoms with Crippen LogP contribution in [0.15, 0.2) is 211 Å². The monoisotopic (exact) mass is 726 g/mol. The summed E-state index contributed by atoms with van der Waals surface area (Å²) < 4.78 is 11.2. The van der Waals surface area contributed by atoms with Crippen LogP contribution < -0.4 is 0 Å². The summed E-state index contributed by atoms with van der Waals surface area (Å²) in [6, 6.07) is 74.5. The number of para-hydroxylation sites is 4. The maximum Gasteiger partial charge on any atom is 0.136 e. The molecule has 9 aromatic carbocycles. The molecule has 0 amide bonds. The van der Waals surface area contributed by atoms with E-state index in [1.807, 2.05) is 6.07 Å². The van der Waals surface area contributed by atoms with Gasteiger partial charge in [-0.05, 0) is 100 Å². The van der Waals surface area contributed by atoms with Gasteiger partial charge >= 0.3 is 0 Å². The van der Waals surface area contributed by atoms with Crippen LogP contribution in [-0.4, -0.2) is 9.13 Å². The Morgan fingerprint density at radius 1 is 0.281 bits per heavy atom. The normalized spacial score (nSPS) is 11.9. The molecule has 3 aromatic heterocycles. The highest BCUT2D eigenvalue weighted by Crippen LogP contribution is 2.43. The molecule has 0 atom stereocenters. The zero-order valence-electron chi connectivity index (χ0n) is 30.9. The standard InChI is InChI=1S/C54H34N2O/c1-3-15-35(16-4-1)37-31-38(42-23-14-28-52-54(42)46-21-9-12-27-51(46)57-52)33-40(32-37)56-48-25-11-8-20-45(48)53-41(22-13-26-49(53)56)36-29-30-44-43-19-7-10-24-47(43)55(50(44)34-36)39-17-5-2-6-18-39/h1-34H. The average Bonchev–Trinajstić information content (AvgIpc) is 3.94. The number of nitrogens with zero attached hydrogens (tertiary/aromatic N) is 2. The van der Waals surface area contributed by atoms with Crippen LogP contribution in [0.1, 0.15) is 0 Å². The van der Waals surface area contributed by atoms with Crippen LogP contribution in [0.4, 0.5) is 0 Å². The van der Waals surface area contributed by atoms with Crippen LogP contribution in [0.5, 0.6) is 0 Å². The summed E-state index contributed by atoms with van der Waals surface area (Å²) in [5.74, 6) is 0. The van der Waals surface area contributed by atoms with E-state index < -0.39 is 0 Å². The van der Waals surface area contributed by atoms with Gasteiger partial charge in [0, 0.05) is 43.7 Å². The molecule has 0 radical (unpaired) electrons. The molecular formula is C54H34N2O. The van der Waals surface area contributed by atoms with Crippen LogP contribution >= 0.6 is 0 Å². The minimum atomic E-state index is 0.894. The Kier molecular flexibility index (Phi) is 6.93. The lowest BCUT2D eigenvalue weighted by molar-refractivity contribution is 0.669. The highest BCUT2D eigenvalue weighted by Gasteiger charge is 2.20. The topological polar surface area (TPSA) is 23.0 Å². The molecule has 0 unspecified atom stereocenters. The Labute approximate surface area is 328 Å². The van der Waals surface area contributed by atoms with E-state index >= 15 is 0 Å². The fraction of sp³-hybridized carbons (Fsp3) is 0. The third kappa shape index (κ3) is 4.86. The lowest BCUT2D eigenvalue weighted by Gasteiger charge is -2.15. The van der Waals surface area contributed by atoms with Gasteiger partial charge in [-0.2, -0.15) is 0 Å². The molecule has 0 spiro atoms. The van der Waals surface area contributed by atoms with Crippen molar-refractivity contribution in [1.29, 1.82) is 0 Å². The van der Waals surface area contributed by atoms with Crippen molar-refractivity contribution in [2.45, 2.75) is 0 Å². The fourth-order valence-electron chi connectivity index (χ4n) is 9.24. The van der Waals surface area contributed by atoms with Crippen molar-refractivity contribution in [2.24, 2.45) is 0 Å². The van der Waals surface area contributed by atoms with Gasteiger partial charge in [-0.3, -0.25) is 0 Å². The molecule has 0 saturated carbocycles. The Bertz CT molecular complexity index is 3510. The van der Waals surface area contributed by atoms with Crippen LogP contribution in [0.25, 0.3) is 110 Å². The van der Waals surface area contributed by atoms with E-state index in [1.54, 1.807) is 0 Å². The quantitative estimate of drug-likeness (QED) is 0.173. The first-order valence-corrected chi connectivity index (χ1v) is 19.5. The molecule has 12 aromatic rings. The van der Waals surface area contributed by atoms with E-state index in [4.69, 9.17) is 4.42 Å². The van der Waals surface area contributed by atoms with Gasteiger partial charge in [-0.25, -0.2) is 0 Å². The van der Waals surface area contributed by atoms with Crippen molar-refractivity contribution in [3.05, 3.63) is 206 Å². The molecular weight excluding hydrogens is 693 g/mol. The molecule has 12 rings (SSSR count). The average molecular weight is 727 g/mol. The summed E-state index contributed by atoms with van der Waals surface area (Å²) in [4.78, 5) is 0. The zero-order valence-corrected chi connectivity index (χ0v) is 30.9. The molecule has 0 aliphatic rings. The number of hydrogen-bond donors (Lipinski definition) is 0. The smallest absolute Gasteiger partial charge is 0.136 e. The van der Waals surface area contributed by atoms with E-state index in [-0.39, 0.29) is 0 Å². The fourth-order valence-corrected chi connectivity index (χ4v) is 9.24. The summed E-state index contributed by atoms with van der Waals surface area (Å²) in [5.41, 5.74) is 15.8. The summed E-state index contributed by atoms with van der Waals surface area (Å²) in [6.45, 7) is 0. The van der Waals surface area contributed by atoms with Gasteiger partial charge in [0.05, 0.1) is 22.1 Å². The number of furan rings is 1.